The van der Waals surface area contributed by atoms with Gasteiger partial charge in [-0.25, -0.2) is 17.5 Å². The Morgan fingerprint density at radius 2 is 1.91 bits per heavy atom. The van der Waals surface area contributed by atoms with Crippen LogP contribution in [0.2, 0.25) is 5.02 Å². The van der Waals surface area contributed by atoms with Crippen LogP contribution in [0.1, 0.15) is 0 Å². The second-order valence-electron chi connectivity index (χ2n) is 4.50. The predicted molar refractivity (Wildman–Crippen MR) is 85.1 cm³/mol. The fourth-order valence-corrected chi connectivity index (χ4v) is 3.05. The van der Waals surface area contributed by atoms with Crippen molar-refractivity contribution in [3.8, 4) is 11.5 Å². The molecule has 0 aliphatic heterocycles. The first-order valence-electron chi connectivity index (χ1n) is 6.64. The maximum Gasteiger partial charge on any atom is 0.240 e. The maximum absolute atomic E-state index is 13.1. The van der Waals surface area contributed by atoms with Gasteiger partial charge < -0.3 is 9.47 Å². The summed E-state index contributed by atoms with van der Waals surface area (Å²) in [4.78, 5) is -0.106. The van der Waals surface area contributed by atoms with Crippen LogP contribution in [-0.2, 0) is 10.0 Å². The zero-order chi connectivity index (χ0) is 16.9. The Labute approximate surface area is 139 Å². The van der Waals surface area contributed by atoms with E-state index in [4.69, 9.17) is 21.1 Å². The van der Waals surface area contributed by atoms with E-state index in [0.29, 0.717) is 11.5 Å². The van der Waals surface area contributed by atoms with Crippen molar-refractivity contribution < 1.29 is 22.3 Å². The molecule has 124 valence electrons. The highest BCUT2D eigenvalue weighted by atomic mass is 35.5. The molecule has 5 nitrogen and oxygen atoms in total. The molecule has 23 heavy (non-hydrogen) atoms. The first-order valence-corrected chi connectivity index (χ1v) is 8.50. The van der Waals surface area contributed by atoms with Crippen molar-refractivity contribution >= 4 is 21.6 Å². The second kappa shape index (κ2) is 7.63. The first kappa shape index (κ1) is 17.5. The zero-order valence-electron chi connectivity index (χ0n) is 12.3. The van der Waals surface area contributed by atoms with Crippen molar-refractivity contribution in [3.05, 3.63) is 53.3 Å². The van der Waals surface area contributed by atoms with E-state index in [0.717, 1.165) is 18.2 Å². The fourth-order valence-electron chi connectivity index (χ4n) is 1.76. The molecule has 0 atom stereocenters. The lowest BCUT2D eigenvalue weighted by Crippen LogP contribution is -2.28. The molecule has 2 aromatic rings. The van der Waals surface area contributed by atoms with Crippen LogP contribution in [-0.4, -0.2) is 28.7 Å². The number of hydrogen-bond acceptors (Lipinski definition) is 4. The summed E-state index contributed by atoms with van der Waals surface area (Å²) in [6.07, 6.45) is 0. The molecule has 0 radical (unpaired) electrons. The number of ether oxygens (including phenoxy) is 2. The molecule has 0 unspecified atom stereocenters. The van der Waals surface area contributed by atoms with E-state index in [1.165, 1.54) is 0 Å². The van der Waals surface area contributed by atoms with Gasteiger partial charge in [-0.05, 0) is 30.3 Å². The van der Waals surface area contributed by atoms with Gasteiger partial charge in [0.25, 0.3) is 0 Å². The molecular formula is C15H15ClFNO4S. The molecule has 0 aromatic heterocycles. The van der Waals surface area contributed by atoms with Crippen molar-refractivity contribution in [2.24, 2.45) is 0 Å². The molecule has 0 aliphatic carbocycles. The lowest BCUT2D eigenvalue weighted by Gasteiger charge is -2.09. The van der Waals surface area contributed by atoms with E-state index in [9.17, 15) is 12.8 Å². The highest BCUT2D eigenvalue weighted by molar-refractivity contribution is 7.89. The molecule has 0 saturated heterocycles. The van der Waals surface area contributed by atoms with Gasteiger partial charge in [-0.3, -0.25) is 0 Å². The summed E-state index contributed by atoms with van der Waals surface area (Å²) in [6.45, 7) is 0.176. The lowest BCUT2D eigenvalue weighted by molar-refractivity contribution is 0.320. The molecule has 0 fully saturated rings. The Hall–Kier alpha value is -1.83. The van der Waals surface area contributed by atoms with E-state index in [2.05, 4.69) is 4.72 Å². The highest BCUT2D eigenvalue weighted by Gasteiger charge is 2.15. The fraction of sp³-hybridized carbons (Fsp3) is 0.200. The quantitative estimate of drug-likeness (QED) is 0.772. The van der Waals surface area contributed by atoms with Crippen LogP contribution in [0.5, 0.6) is 11.5 Å². The minimum Gasteiger partial charge on any atom is -0.497 e. The summed E-state index contributed by atoms with van der Waals surface area (Å²) in [6, 6.07) is 10.2. The van der Waals surface area contributed by atoms with Gasteiger partial charge in [0.2, 0.25) is 10.0 Å². The van der Waals surface area contributed by atoms with Gasteiger partial charge in [0, 0.05) is 12.6 Å². The molecule has 2 aromatic carbocycles. The van der Waals surface area contributed by atoms with Gasteiger partial charge in [0.1, 0.15) is 23.9 Å². The average molecular weight is 360 g/mol. The molecule has 8 heteroatoms. The van der Waals surface area contributed by atoms with Crippen LogP contribution >= 0.6 is 11.6 Å². The smallest absolute Gasteiger partial charge is 0.240 e. The van der Waals surface area contributed by atoms with Gasteiger partial charge in [-0.2, -0.15) is 0 Å². The summed E-state index contributed by atoms with van der Waals surface area (Å²) in [5, 5.41) is -0.250. The van der Waals surface area contributed by atoms with Crippen molar-refractivity contribution in [3.63, 3.8) is 0 Å². The number of hydrogen-bond donors (Lipinski definition) is 1. The van der Waals surface area contributed by atoms with E-state index in [-0.39, 0.29) is 23.1 Å². The number of nitrogens with one attached hydrogen (secondary N) is 1. The summed E-state index contributed by atoms with van der Waals surface area (Å²) in [7, 11) is -2.23. The molecule has 0 aliphatic rings. The normalized spacial score (nSPS) is 11.3. The summed E-state index contributed by atoms with van der Waals surface area (Å²) >= 11 is 5.59. The Bertz CT molecular complexity index is 783. The third-order valence-corrected chi connectivity index (χ3v) is 4.65. The topological polar surface area (TPSA) is 64.6 Å². The van der Waals surface area contributed by atoms with E-state index in [1.807, 2.05) is 0 Å². The third kappa shape index (κ3) is 4.82. The largest absolute Gasteiger partial charge is 0.497 e. The maximum atomic E-state index is 13.1. The van der Waals surface area contributed by atoms with Crippen LogP contribution in [0.4, 0.5) is 4.39 Å². The Kier molecular flexibility index (Phi) is 5.81. The lowest BCUT2D eigenvalue weighted by atomic mass is 10.3. The van der Waals surface area contributed by atoms with Gasteiger partial charge in [0.05, 0.1) is 17.0 Å². The highest BCUT2D eigenvalue weighted by Crippen LogP contribution is 2.20. The van der Waals surface area contributed by atoms with Crippen LogP contribution in [0.15, 0.2) is 47.4 Å². The zero-order valence-corrected chi connectivity index (χ0v) is 13.8. The summed E-state index contributed by atoms with van der Waals surface area (Å²) in [5.41, 5.74) is 0. The number of rotatable bonds is 7. The summed E-state index contributed by atoms with van der Waals surface area (Å²) in [5.74, 6) is 0.532. The Morgan fingerprint density at radius 1 is 1.17 bits per heavy atom. The van der Waals surface area contributed by atoms with E-state index >= 15 is 0 Å². The van der Waals surface area contributed by atoms with Crippen LogP contribution in [0.3, 0.4) is 0 Å². The molecule has 0 saturated carbocycles. The number of halogens is 2. The van der Waals surface area contributed by atoms with E-state index in [1.54, 1.807) is 31.4 Å². The average Bonchev–Trinajstić information content (AvgIpc) is 2.54. The molecule has 2 rings (SSSR count). The number of methoxy groups -OCH3 is 1. The number of sulfonamides is 1. The van der Waals surface area contributed by atoms with Crippen LogP contribution < -0.4 is 14.2 Å². The minimum atomic E-state index is -3.77. The minimum absolute atomic E-state index is 0.0501. The van der Waals surface area contributed by atoms with Crippen molar-refractivity contribution in [1.82, 2.24) is 4.72 Å². The van der Waals surface area contributed by atoms with Gasteiger partial charge in [-0.15, -0.1) is 0 Å². The standard InChI is InChI=1S/C15H15ClFNO4S/c1-21-11-3-2-4-12(9-11)22-8-7-18-23(19,20)13-5-6-15(17)14(16)10-13/h2-6,9-10,18H,7-8H2,1H3. The molecule has 0 bridgehead atoms. The van der Waals surface area contributed by atoms with Crippen LogP contribution in [0, 0.1) is 5.82 Å². The Morgan fingerprint density at radius 3 is 2.61 bits per heavy atom. The monoisotopic (exact) mass is 359 g/mol. The first-order chi connectivity index (χ1) is 10.9. The Balaban J connectivity index is 1.90. The van der Waals surface area contributed by atoms with Gasteiger partial charge >= 0.3 is 0 Å². The van der Waals surface area contributed by atoms with E-state index < -0.39 is 15.8 Å². The van der Waals surface area contributed by atoms with Gasteiger partial charge in [-0.1, -0.05) is 17.7 Å². The predicted octanol–water partition coefficient (Wildman–Crippen LogP) is 2.85. The third-order valence-electron chi connectivity index (χ3n) is 2.91. The van der Waals surface area contributed by atoms with Crippen LogP contribution in [0.25, 0.3) is 0 Å². The number of benzene rings is 2. The molecule has 0 amide bonds. The molecular weight excluding hydrogens is 345 g/mol. The van der Waals surface area contributed by atoms with Gasteiger partial charge in [0.15, 0.2) is 0 Å². The van der Waals surface area contributed by atoms with Crippen molar-refractivity contribution in [1.29, 1.82) is 0 Å². The van der Waals surface area contributed by atoms with Crippen molar-refractivity contribution in [2.75, 3.05) is 20.3 Å². The molecule has 1 N–H and O–H groups in total. The molecule has 0 spiro atoms. The molecule has 0 heterocycles. The second-order valence-corrected chi connectivity index (χ2v) is 6.68. The summed E-state index contributed by atoms with van der Waals surface area (Å²) < 4.78 is 50.0. The SMILES string of the molecule is COc1cccc(OCCNS(=O)(=O)c2ccc(F)c(Cl)c2)c1. The van der Waals surface area contributed by atoms with Crippen molar-refractivity contribution in [2.45, 2.75) is 4.90 Å².